The van der Waals surface area contributed by atoms with E-state index in [1.165, 1.54) is 0 Å². The molecule has 0 radical (unpaired) electrons. The zero-order chi connectivity index (χ0) is 11.5. The Bertz CT molecular complexity index is 475. The van der Waals surface area contributed by atoms with Crippen molar-refractivity contribution in [2.45, 2.75) is 0 Å². The highest BCUT2D eigenvalue weighted by Crippen LogP contribution is 2.13. The predicted octanol–water partition coefficient (Wildman–Crippen LogP) is 0.438. The van der Waals surface area contributed by atoms with Crippen LogP contribution < -0.4 is 10.6 Å². The van der Waals surface area contributed by atoms with Gasteiger partial charge in [0.1, 0.15) is 11.4 Å². The van der Waals surface area contributed by atoms with Gasteiger partial charge in [-0.15, -0.1) is 0 Å². The third kappa shape index (κ3) is 2.03. The number of aromatic hydroxyl groups is 1. The van der Waals surface area contributed by atoms with E-state index in [1.54, 1.807) is 37.4 Å². The second-order valence-electron chi connectivity index (χ2n) is 3.30. The van der Waals surface area contributed by atoms with Crippen LogP contribution in [-0.2, 0) is 4.79 Å². The summed E-state index contributed by atoms with van der Waals surface area (Å²) >= 11 is 0. The van der Waals surface area contributed by atoms with Gasteiger partial charge in [-0.25, -0.2) is 0 Å². The van der Waals surface area contributed by atoms with E-state index in [2.05, 4.69) is 15.6 Å². The average Bonchev–Trinajstić information content (AvgIpc) is 2.63. The number of aliphatic imine (C=N–C) groups is 1. The molecule has 1 aromatic carbocycles. The summed E-state index contributed by atoms with van der Waals surface area (Å²) in [6.07, 6.45) is 1.69. The van der Waals surface area contributed by atoms with E-state index in [0.717, 1.165) is 5.56 Å². The molecular weight excluding hydrogens is 206 g/mol. The summed E-state index contributed by atoms with van der Waals surface area (Å²) < 4.78 is 0. The van der Waals surface area contributed by atoms with Crippen molar-refractivity contribution >= 4 is 17.9 Å². The van der Waals surface area contributed by atoms with Gasteiger partial charge < -0.3 is 10.4 Å². The van der Waals surface area contributed by atoms with E-state index in [1.807, 2.05) is 0 Å². The van der Waals surface area contributed by atoms with E-state index in [0.29, 0.717) is 11.7 Å². The molecule has 1 aliphatic heterocycles. The van der Waals surface area contributed by atoms with Crippen LogP contribution in [0.5, 0.6) is 5.75 Å². The first kappa shape index (κ1) is 10.2. The lowest BCUT2D eigenvalue weighted by atomic mass is 10.2. The Hall–Kier alpha value is -2.30. The number of rotatable bonds is 1. The molecule has 0 saturated carbocycles. The average molecular weight is 217 g/mol. The lowest BCUT2D eigenvalue weighted by Crippen LogP contribution is -2.24. The molecule has 5 heteroatoms. The molecule has 0 aliphatic carbocycles. The van der Waals surface area contributed by atoms with Crippen LogP contribution in [0.2, 0.25) is 0 Å². The Morgan fingerprint density at radius 1 is 1.25 bits per heavy atom. The number of phenolic OH excluding ortho intramolecular Hbond substituents is 1. The minimum atomic E-state index is -0.214. The van der Waals surface area contributed by atoms with Crippen LogP contribution in [0.1, 0.15) is 5.56 Å². The maximum atomic E-state index is 11.4. The number of guanidine groups is 1. The second kappa shape index (κ2) is 4.06. The maximum Gasteiger partial charge on any atom is 0.274 e. The fraction of sp³-hybridized carbons (Fsp3) is 0.0909. The fourth-order valence-electron chi connectivity index (χ4n) is 1.34. The second-order valence-corrected chi connectivity index (χ2v) is 3.30. The summed E-state index contributed by atoms with van der Waals surface area (Å²) in [6, 6.07) is 6.57. The van der Waals surface area contributed by atoms with Crippen molar-refractivity contribution in [2.24, 2.45) is 4.99 Å². The minimum Gasteiger partial charge on any atom is -0.508 e. The van der Waals surface area contributed by atoms with Crippen LogP contribution in [0.3, 0.4) is 0 Å². The zero-order valence-electron chi connectivity index (χ0n) is 8.69. The first-order chi connectivity index (χ1) is 7.69. The van der Waals surface area contributed by atoms with Crippen molar-refractivity contribution in [1.82, 2.24) is 10.6 Å². The van der Waals surface area contributed by atoms with E-state index in [4.69, 9.17) is 5.11 Å². The molecule has 1 aliphatic rings. The number of phenols is 1. The summed E-state index contributed by atoms with van der Waals surface area (Å²) in [5.41, 5.74) is 1.26. The van der Waals surface area contributed by atoms with Crippen molar-refractivity contribution in [2.75, 3.05) is 7.05 Å². The summed E-state index contributed by atoms with van der Waals surface area (Å²) in [5.74, 6) is 0.422. The summed E-state index contributed by atoms with van der Waals surface area (Å²) in [5, 5.41) is 14.5. The van der Waals surface area contributed by atoms with Crippen LogP contribution >= 0.6 is 0 Å². The molecule has 3 N–H and O–H groups in total. The number of benzene rings is 1. The predicted molar refractivity (Wildman–Crippen MR) is 60.7 cm³/mol. The van der Waals surface area contributed by atoms with Crippen LogP contribution in [0.4, 0.5) is 0 Å². The molecule has 1 aromatic rings. The minimum absolute atomic E-state index is 0.196. The molecule has 1 heterocycles. The quantitative estimate of drug-likeness (QED) is 0.597. The lowest BCUT2D eigenvalue weighted by Gasteiger charge is -1.97. The first-order valence-electron chi connectivity index (χ1n) is 4.75. The van der Waals surface area contributed by atoms with Crippen LogP contribution in [0.15, 0.2) is 35.0 Å². The molecule has 1 saturated heterocycles. The van der Waals surface area contributed by atoms with Gasteiger partial charge in [0, 0.05) is 7.05 Å². The number of nitrogens with zero attached hydrogens (tertiary/aromatic N) is 1. The molecule has 0 bridgehead atoms. The van der Waals surface area contributed by atoms with Gasteiger partial charge in [0.05, 0.1) is 0 Å². The molecule has 5 nitrogen and oxygen atoms in total. The Morgan fingerprint density at radius 3 is 2.50 bits per heavy atom. The van der Waals surface area contributed by atoms with Gasteiger partial charge in [0.2, 0.25) is 5.96 Å². The van der Waals surface area contributed by atoms with E-state index >= 15 is 0 Å². The Morgan fingerprint density at radius 2 is 1.94 bits per heavy atom. The van der Waals surface area contributed by atoms with Gasteiger partial charge in [0.15, 0.2) is 0 Å². The molecule has 2 rings (SSSR count). The van der Waals surface area contributed by atoms with Gasteiger partial charge in [-0.2, -0.15) is 0 Å². The maximum absolute atomic E-state index is 11.4. The van der Waals surface area contributed by atoms with Gasteiger partial charge in [-0.05, 0) is 23.8 Å². The van der Waals surface area contributed by atoms with Gasteiger partial charge in [0.25, 0.3) is 5.91 Å². The van der Waals surface area contributed by atoms with E-state index in [-0.39, 0.29) is 11.7 Å². The van der Waals surface area contributed by atoms with Gasteiger partial charge >= 0.3 is 0 Å². The highest BCUT2D eigenvalue weighted by molar-refractivity contribution is 6.15. The highest BCUT2D eigenvalue weighted by atomic mass is 16.3. The van der Waals surface area contributed by atoms with Gasteiger partial charge in [-0.3, -0.25) is 15.1 Å². The third-order valence-corrected chi connectivity index (χ3v) is 2.16. The van der Waals surface area contributed by atoms with Crippen LogP contribution in [-0.4, -0.2) is 24.0 Å². The van der Waals surface area contributed by atoms with E-state index < -0.39 is 0 Å². The number of hydrogen-bond acceptors (Lipinski definition) is 3. The topological polar surface area (TPSA) is 73.7 Å². The number of hydrogen-bond donors (Lipinski definition) is 3. The number of carbonyl (C=O) groups is 1. The normalized spacial score (nSPS) is 19.9. The van der Waals surface area contributed by atoms with Crippen molar-refractivity contribution in [3.8, 4) is 5.75 Å². The number of amides is 1. The summed E-state index contributed by atoms with van der Waals surface area (Å²) in [7, 11) is 1.59. The Balaban J connectivity index is 2.25. The summed E-state index contributed by atoms with van der Waals surface area (Å²) in [4.78, 5) is 15.3. The molecule has 0 aromatic heterocycles. The molecular formula is C11H11N3O2. The molecule has 82 valence electrons. The van der Waals surface area contributed by atoms with Crippen molar-refractivity contribution < 1.29 is 9.90 Å². The van der Waals surface area contributed by atoms with E-state index in [9.17, 15) is 4.79 Å². The van der Waals surface area contributed by atoms with Crippen molar-refractivity contribution in [3.05, 3.63) is 35.5 Å². The zero-order valence-corrected chi connectivity index (χ0v) is 8.69. The molecule has 16 heavy (non-hydrogen) atoms. The smallest absolute Gasteiger partial charge is 0.274 e. The number of nitrogens with one attached hydrogen (secondary N) is 2. The van der Waals surface area contributed by atoms with Crippen LogP contribution in [0, 0.1) is 0 Å². The summed E-state index contributed by atoms with van der Waals surface area (Å²) in [6.45, 7) is 0. The first-order valence-corrected chi connectivity index (χ1v) is 4.75. The monoisotopic (exact) mass is 217 g/mol. The van der Waals surface area contributed by atoms with Crippen molar-refractivity contribution in [3.63, 3.8) is 0 Å². The standard InChI is InChI=1S/C11H11N3O2/c1-12-11-13-9(10(16)14-11)6-7-2-4-8(15)5-3-7/h2-6,15H,1H3,(H2,12,13,14,16)/b9-6-. The van der Waals surface area contributed by atoms with Gasteiger partial charge in [-0.1, -0.05) is 12.1 Å². The fourth-order valence-corrected chi connectivity index (χ4v) is 1.34. The highest BCUT2D eigenvalue weighted by Gasteiger charge is 2.20. The third-order valence-electron chi connectivity index (χ3n) is 2.16. The molecule has 0 atom stereocenters. The largest absolute Gasteiger partial charge is 0.508 e. The molecule has 0 unspecified atom stereocenters. The van der Waals surface area contributed by atoms with Crippen LogP contribution in [0.25, 0.3) is 6.08 Å². The Kier molecular flexibility index (Phi) is 2.59. The number of carbonyl (C=O) groups excluding carboxylic acids is 1. The Labute approximate surface area is 92.5 Å². The SMILES string of the molecule is CN=C1NC(=O)/C(=C/c2ccc(O)cc2)N1. The van der Waals surface area contributed by atoms with Crippen molar-refractivity contribution in [1.29, 1.82) is 0 Å². The molecule has 1 fully saturated rings. The lowest BCUT2D eigenvalue weighted by molar-refractivity contribution is -0.115. The molecule has 0 spiro atoms. The molecule has 1 amide bonds.